The standard InChI is InChI=1S/C24H22N2O4/c1-3-30-19-14-12-18(13-15-19)26-22(16-8-10-17(11-9-16)24(28)29-2)25-21-7-5-4-6-20(21)23(26)27/h4-15,22,25H,3H2,1-2H3/t22-/m0/s1. The average Bonchev–Trinajstić information content (AvgIpc) is 2.79. The highest BCUT2D eigenvalue weighted by Crippen LogP contribution is 2.37. The number of esters is 1. The Bertz CT molecular complexity index is 1060. The molecule has 0 bridgehead atoms. The molecule has 6 heteroatoms. The second kappa shape index (κ2) is 8.29. The van der Waals surface area contributed by atoms with Gasteiger partial charge in [0.2, 0.25) is 0 Å². The van der Waals surface area contributed by atoms with Crippen molar-refractivity contribution in [2.24, 2.45) is 0 Å². The monoisotopic (exact) mass is 402 g/mol. The SMILES string of the molecule is CCOc1ccc(N2C(=O)c3ccccc3N[C@@H]2c2ccc(C(=O)OC)cc2)cc1. The Morgan fingerprint density at radius 1 is 1.00 bits per heavy atom. The fraction of sp³-hybridized carbons (Fsp3) is 0.167. The first-order valence-electron chi connectivity index (χ1n) is 9.72. The molecule has 0 aromatic heterocycles. The van der Waals surface area contributed by atoms with E-state index in [0.717, 1.165) is 22.7 Å². The number of anilines is 2. The van der Waals surface area contributed by atoms with Crippen LogP contribution in [0, 0.1) is 0 Å². The Morgan fingerprint density at radius 2 is 1.70 bits per heavy atom. The smallest absolute Gasteiger partial charge is 0.337 e. The van der Waals surface area contributed by atoms with Crippen molar-refractivity contribution in [1.82, 2.24) is 0 Å². The number of carbonyl (C=O) groups excluding carboxylic acids is 2. The highest BCUT2D eigenvalue weighted by molar-refractivity contribution is 6.12. The van der Waals surface area contributed by atoms with Gasteiger partial charge in [0.05, 0.1) is 24.8 Å². The lowest BCUT2D eigenvalue weighted by Gasteiger charge is -2.38. The summed E-state index contributed by atoms with van der Waals surface area (Å²) in [5, 5.41) is 3.45. The van der Waals surface area contributed by atoms with Crippen LogP contribution in [0.4, 0.5) is 11.4 Å². The zero-order valence-corrected chi connectivity index (χ0v) is 16.8. The van der Waals surface area contributed by atoms with Crippen molar-refractivity contribution < 1.29 is 19.1 Å². The number of methoxy groups -OCH3 is 1. The predicted molar refractivity (Wildman–Crippen MR) is 115 cm³/mol. The van der Waals surface area contributed by atoms with E-state index in [9.17, 15) is 9.59 Å². The molecule has 1 aliphatic rings. The third-order valence-electron chi connectivity index (χ3n) is 5.00. The van der Waals surface area contributed by atoms with Gasteiger partial charge in [0.15, 0.2) is 0 Å². The minimum absolute atomic E-state index is 0.101. The van der Waals surface area contributed by atoms with Gasteiger partial charge < -0.3 is 14.8 Å². The highest BCUT2D eigenvalue weighted by Gasteiger charge is 2.34. The second-order valence-corrected chi connectivity index (χ2v) is 6.81. The van der Waals surface area contributed by atoms with Crippen LogP contribution >= 0.6 is 0 Å². The molecule has 1 heterocycles. The molecule has 6 nitrogen and oxygen atoms in total. The first-order chi connectivity index (χ1) is 14.6. The van der Waals surface area contributed by atoms with Crippen molar-refractivity contribution in [3.63, 3.8) is 0 Å². The van der Waals surface area contributed by atoms with E-state index >= 15 is 0 Å². The van der Waals surface area contributed by atoms with Gasteiger partial charge in [-0.15, -0.1) is 0 Å². The highest BCUT2D eigenvalue weighted by atomic mass is 16.5. The molecule has 0 fully saturated rings. The first-order valence-corrected chi connectivity index (χ1v) is 9.72. The molecule has 0 aliphatic carbocycles. The molecule has 1 amide bonds. The molecule has 3 aromatic carbocycles. The van der Waals surface area contributed by atoms with Gasteiger partial charge >= 0.3 is 5.97 Å². The fourth-order valence-corrected chi connectivity index (χ4v) is 3.54. The van der Waals surface area contributed by atoms with Gasteiger partial charge in [0.1, 0.15) is 11.9 Å². The lowest BCUT2D eigenvalue weighted by Crippen LogP contribution is -2.43. The van der Waals surface area contributed by atoms with Crippen LogP contribution in [0.2, 0.25) is 0 Å². The lowest BCUT2D eigenvalue weighted by atomic mass is 10.0. The molecule has 1 atom stereocenters. The van der Waals surface area contributed by atoms with E-state index in [1.54, 1.807) is 17.0 Å². The molecule has 152 valence electrons. The molecule has 4 rings (SSSR count). The number of carbonyl (C=O) groups is 2. The first kappa shape index (κ1) is 19.5. The normalized spacial score (nSPS) is 15.2. The molecule has 30 heavy (non-hydrogen) atoms. The van der Waals surface area contributed by atoms with E-state index in [1.165, 1.54) is 7.11 Å². The third-order valence-corrected chi connectivity index (χ3v) is 5.00. The molecule has 0 unspecified atom stereocenters. The maximum Gasteiger partial charge on any atom is 0.337 e. The van der Waals surface area contributed by atoms with Gasteiger partial charge in [-0.3, -0.25) is 9.69 Å². The largest absolute Gasteiger partial charge is 0.494 e. The van der Waals surface area contributed by atoms with Gasteiger partial charge in [-0.05, 0) is 61.0 Å². The van der Waals surface area contributed by atoms with Crippen LogP contribution in [-0.4, -0.2) is 25.6 Å². The topological polar surface area (TPSA) is 67.9 Å². The van der Waals surface area contributed by atoms with Crippen LogP contribution in [0.1, 0.15) is 39.4 Å². The summed E-state index contributed by atoms with van der Waals surface area (Å²) in [6.07, 6.45) is -0.433. The molecule has 0 spiro atoms. The Labute approximate surface area is 175 Å². The van der Waals surface area contributed by atoms with Crippen molar-refractivity contribution in [2.45, 2.75) is 13.1 Å². The Kier molecular flexibility index (Phi) is 5.39. The molecular formula is C24H22N2O4. The van der Waals surface area contributed by atoms with Crippen LogP contribution in [-0.2, 0) is 4.74 Å². The van der Waals surface area contributed by atoms with Crippen LogP contribution in [0.3, 0.4) is 0 Å². The van der Waals surface area contributed by atoms with Crippen molar-refractivity contribution >= 4 is 23.3 Å². The summed E-state index contributed by atoms with van der Waals surface area (Å²) in [5.41, 5.74) is 3.42. The molecule has 1 N–H and O–H groups in total. The van der Waals surface area contributed by atoms with Crippen molar-refractivity contribution in [1.29, 1.82) is 0 Å². The quantitative estimate of drug-likeness (QED) is 0.630. The Balaban J connectivity index is 1.75. The summed E-state index contributed by atoms with van der Waals surface area (Å²) in [6.45, 7) is 2.50. The maximum absolute atomic E-state index is 13.4. The Hall–Kier alpha value is -3.80. The zero-order valence-electron chi connectivity index (χ0n) is 16.8. The summed E-state index contributed by atoms with van der Waals surface area (Å²) < 4.78 is 10.3. The number of nitrogens with zero attached hydrogens (tertiary/aromatic N) is 1. The van der Waals surface area contributed by atoms with Crippen molar-refractivity contribution in [2.75, 3.05) is 23.9 Å². The molecule has 0 saturated heterocycles. The second-order valence-electron chi connectivity index (χ2n) is 6.81. The average molecular weight is 402 g/mol. The van der Waals surface area contributed by atoms with Crippen molar-refractivity contribution in [3.8, 4) is 5.75 Å². The minimum Gasteiger partial charge on any atom is -0.494 e. The number of nitrogens with one attached hydrogen (secondary N) is 1. The molecule has 0 saturated carbocycles. The van der Waals surface area contributed by atoms with Gasteiger partial charge in [0, 0.05) is 11.4 Å². The summed E-state index contributed by atoms with van der Waals surface area (Å²) >= 11 is 0. The minimum atomic E-state index is -0.433. The van der Waals surface area contributed by atoms with E-state index in [0.29, 0.717) is 17.7 Å². The van der Waals surface area contributed by atoms with Crippen LogP contribution in [0.25, 0.3) is 0 Å². The molecule has 1 aliphatic heterocycles. The van der Waals surface area contributed by atoms with Crippen molar-refractivity contribution in [3.05, 3.63) is 89.5 Å². The van der Waals surface area contributed by atoms with Gasteiger partial charge in [-0.25, -0.2) is 4.79 Å². The summed E-state index contributed by atoms with van der Waals surface area (Å²) in [7, 11) is 1.35. The molecular weight excluding hydrogens is 380 g/mol. The summed E-state index contributed by atoms with van der Waals surface area (Å²) in [6, 6.07) is 21.9. The van der Waals surface area contributed by atoms with E-state index in [-0.39, 0.29) is 5.91 Å². The summed E-state index contributed by atoms with van der Waals surface area (Å²) in [5.74, 6) is 0.247. The molecule has 3 aromatic rings. The van der Waals surface area contributed by atoms with Gasteiger partial charge in [-0.1, -0.05) is 24.3 Å². The van der Waals surface area contributed by atoms with Gasteiger partial charge in [-0.2, -0.15) is 0 Å². The van der Waals surface area contributed by atoms with Gasteiger partial charge in [0.25, 0.3) is 5.91 Å². The number of hydrogen-bond acceptors (Lipinski definition) is 5. The number of ether oxygens (including phenoxy) is 2. The van der Waals surface area contributed by atoms with E-state index in [1.807, 2.05) is 67.6 Å². The van der Waals surface area contributed by atoms with Crippen LogP contribution in [0.15, 0.2) is 72.8 Å². The number of amides is 1. The number of rotatable bonds is 5. The number of para-hydroxylation sites is 1. The predicted octanol–water partition coefficient (Wildman–Crippen LogP) is 4.64. The van der Waals surface area contributed by atoms with E-state index < -0.39 is 12.1 Å². The van der Waals surface area contributed by atoms with E-state index in [2.05, 4.69) is 5.32 Å². The zero-order chi connectivity index (χ0) is 21.1. The number of fused-ring (bicyclic) bond motifs is 1. The van der Waals surface area contributed by atoms with Crippen LogP contribution < -0.4 is 15.0 Å². The maximum atomic E-state index is 13.4. The number of hydrogen-bond donors (Lipinski definition) is 1. The summed E-state index contributed by atoms with van der Waals surface area (Å²) in [4.78, 5) is 26.9. The lowest BCUT2D eigenvalue weighted by molar-refractivity contribution is 0.0600. The Morgan fingerprint density at radius 3 is 2.37 bits per heavy atom. The molecule has 0 radical (unpaired) electrons. The van der Waals surface area contributed by atoms with E-state index in [4.69, 9.17) is 9.47 Å². The number of benzene rings is 3. The van der Waals surface area contributed by atoms with Crippen LogP contribution in [0.5, 0.6) is 5.75 Å². The fourth-order valence-electron chi connectivity index (χ4n) is 3.54. The third kappa shape index (κ3) is 3.59.